The van der Waals surface area contributed by atoms with Crippen molar-refractivity contribution < 1.29 is 0 Å². The molecule has 0 amide bonds. The van der Waals surface area contributed by atoms with E-state index in [0.29, 0.717) is 17.5 Å². The first kappa shape index (κ1) is 18.5. The van der Waals surface area contributed by atoms with E-state index in [1.807, 2.05) is 12.1 Å². The van der Waals surface area contributed by atoms with Gasteiger partial charge in [0, 0.05) is 56.7 Å². The molecule has 0 saturated carbocycles. The molecule has 1 aliphatic heterocycles. The van der Waals surface area contributed by atoms with Crippen LogP contribution in [0.4, 0.5) is 5.95 Å². The second kappa shape index (κ2) is 8.45. The molecular formula is C19H20ClN7O. The molecule has 0 aromatic carbocycles. The van der Waals surface area contributed by atoms with E-state index in [1.165, 1.54) is 4.68 Å². The highest BCUT2D eigenvalue weighted by Gasteiger charge is 2.19. The van der Waals surface area contributed by atoms with Crippen LogP contribution < -0.4 is 10.5 Å². The van der Waals surface area contributed by atoms with Gasteiger partial charge in [0.25, 0.3) is 5.56 Å². The van der Waals surface area contributed by atoms with Gasteiger partial charge in [0.15, 0.2) is 0 Å². The van der Waals surface area contributed by atoms with E-state index >= 15 is 0 Å². The lowest BCUT2D eigenvalue weighted by Crippen LogP contribution is -2.48. The smallest absolute Gasteiger partial charge is 0.266 e. The number of rotatable bonds is 5. The molecule has 144 valence electrons. The van der Waals surface area contributed by atoms with Gasteiger partial charge in [-0.05, 0) is 18.2 Å². The molecule has 0 bridgehead atoms. The Morgan fingerprint density at radius 3 is 2.46 bits per heavy atom. The molecule has 0 radical (unpaired) electrons. The van der Waals surface area contributed by atoms with Gasteiger partial charge in [-0.1, -0.05) is 11.6 Å². The van der Waals surface area contributed by atoms with Crippen molar-refractivity contribution in [3.8, 4) is 11.3 Å². The minimum atomic E-state index is -0.0964. The van der Waals surface area contributed by atoms with E-state index in [0.717, 1.165) is 44.0 Å². The molecule has 9 heteroatoms. The summed E-state index contributed by atoms with van der Waals surface area (Å²) in [4.78, 5) is 29.3. The minimum Gasteiger partial charge on any atom is -0.338 e. The topological polar surface area (TPSA) is 80.0 Å². The molecule has 1 saturated heterocycles. The lowest BCUT2D eigenvalue weighted by molar-refractivity contribution is 0.242. The highest BCUT2D eigenvalue weighted by Crippen LogP contribution is 2.14. The van der Waals surface area contributed by atoms with Gasteiger partial charge in [0.05, 0.1) is 29.7 Å². The fourth-order valence-corrected chi connectivity index (χ4v) is 3.25. The minimum absolute atomic E-state index is 0.0964. The Morgan fingerprint density at radius 1 is 0.964 bits per heavy atom. The van der Waals surface area contributed by atoms with Gasteiger partial charge in [0.2, 0.25) is 5.95 Å². The first-order valence-electron chi connectivity index (χ1n) is 9.12. The number of pyridine rings is 1. The first-order valence-corrected chi connectivity index (χ1v) is 9.50. The second-order valence-corrected chi connectivity index (χ2v) is 6.99. The van der Waals surface area contributed by atoms with Crippen LogP contribution in [0.5, 0.6) is 0 Å². The van der Waals surface area contributed by atoms with Crippen LogP contribution in [0.25, 0.3) is 11.3 Å². The van der Waals surface area contributed by atoms with E-state index in [2.05, 4.69) is 29.9 Å². The van der Waals surface area contributed by atoms with Crippen molar-refractivity contribution in [3.63, 3.8) is 0 Å². The third-order valence-electron chi connectivity index (χ3n) is 4.71. The molecule has 0 N–H and O–H groups in total. The van der Waals surface area contributed by atoms with Gasteiger partial charge in [-0.25, -0.2) is 14.6 Å². The average Bonchev–Trinajstić information content (AvgIpc) is 2.75. The number of hydrogen-bond acceptors (Lipinski definition) is 7. The van der Waals surface area contributed by atoms with Gasteiger partial charge in [-0.15, -0.1) is 0 Å². The summed E-state index contributed by atoms with van der Waals surface area (Å²) >= 11 is 5.85. The van der Waals surface area contributed by atoms with Crippen molar-refractivity contribution in [3.05, 3.63) is 64.4 Å². The van der Waals surface area contributed by atoms with Crippen LogP contribution in [-0.2, 0) is 6.54 Å². The molecule has 3 aromatic rings. The van der Waals surface area contributed by atoms with Crippen molar-refractivity contribution in [2.45, 2.75) is 6.54 Å². The zero-order chi connectivity index (χ0) is 19.3. The van der Waals surface area contributed by atoms with Crippen molar-refractivity contribution >= 4 is 17.5 Å². The highest BCUT2D eigenvalue weighted by atomic mass is 35.5. The number of hydrogen-bond donors (Lipinski definition) is 0. The zero-order valence-corrected chi connectivity index (χ0v) is 16.0. The number of aromatic nitrogens is 5. The summed E-state index contributed by atoms with van der Waals surface area (Å²) in [6, 6.07) is 7.09. The maximum atomic E-state index is 12.2. The molecule has 0 aliphatic carbocycles. The summed E-state index contributed by atoms with van der Waals surface area (Å²) in [5, 5.41) is 5.03. The molecule has 4 rings (SSSR count). The average molecular weight is 398 g/mol. The van der Waals surface area contributed by atoms with Crippen LogP contribution in [0.3, 0.4) is 0 Å². The molecule has 4 heterocycles. The van der Waals surface area contributed by atoms with E-state index < -0.39 is 0 Å². The Labute approximate surface area is 167 Å². The van der Waals surface area contributed by atoms with Gasteiger partial charge in [-0.3, -0.25) is 14.7 Å². The van der Waals surface area contributed by atoms with E-state index in [9.17, 15) is 4.79 Å². The van der Waals surface area contributed by atoms with Crippen molar-refractivity contribution in [2.75, 3.05) is 37.6 Å². The summed E-state index contributed by atoms with van der Waals surface area (Å²) in [6.07, 6.45) is 6.69. The monoisotopic (exact) mass is 397 g/mol. The number of piperazine rings is 1. The van der Waals surface area contributed by atoms with Crippen LogP contribution in [0.2, 0.25) is 5.02 Å². The lowest BCUT2D eigenvalue weighted by Gasteiger charge is -2.34. The van der Waals surface area contributed by atoms with Gasteiger partial charge in [0.1, 0.15) is 0 Å². The first-order chi connectivity index (χ1) is 13.7. The van der Waals surface area contributed by atoms with Gasteiger partial charge >= 0.3 is 0 Å². The van der Waals surface area contributed by atoms with Crippen LogP contribution in [0, 0.1) is 0 Å². The Bertz CT molecular complexity index is 970. The summed E-state index contributed by atoms with van der Waals surface area (Å²) in [5.74, 6) is 0.700. The van der Waals surface area contributed by atoms with E-state index in [1.54, 1.807) is 36.9 Å². The number of anilines is 1. The number of nitrogens with zero attached hydrogens (tertiary/aromatic N) is 7. The Kier molecular flexibility index (Phi) is 5.59. The fraction of sp³-hybridized carbons (Fsp3) is 0.316. The Morgan fingerprint density at radius 2 is 1.75 bits per heavy atom. The predicted octanol–water partition coefficient (Wildman–Crippen LogP) is 1.57. The van der Waals surface area contributed by atoms with Crippen LogP contribution in [-0.4, -0.2) is 62.4 Å². The highest BCUT2D eigenvalue weighted by molar-refractivity contribution is 6.30. The molecule has 1 aliphatic rings. The molecule has 28 heavy (non-hydrogen) atoms. The SMILES string of the molecule is O=c1ccc(-c2cccnc2)nn1CCN1CCN(c2ncc(Cl)cn2)CC1. The third kappa shape index (κ3) is 4.35. The summed E-state index contributed by atoms with van der Waals surface area (Å²) < 4.78 is 1.52. The maximum absolute atomic E-state index is 12.2. The third-order valence-corrected chi connectivity index (χ3v) is 4.91. The molecule has 1 fully saturated rings. The molecular weight excluding hydrogens is 378 g/mol. The maximum Gasteiger partial charge on any atom is 0.266 e. The van der Waals surface area contributed by atoms with E-state index in [4.69, 9.17) is 11.6 Å². The standard InChI is InChI=1S/C19H20ClN7O/c20-16-13-22-19(23-14-16)26-9-6-25(7-10-26)8-11-27-18(28)4-3-17(24-27)15-2-1-5-21-12-15/h1-5,12-14H,6-11H2. The predicted molar refractivity (Wildman–Crippen MR) is 107 cm³/mol. The molecule has 3 aromatic heterocycles. The molecule has 0 spiro atoms. The lowest BCUT2D eigenvalue weighted by atomic mass is 10.2. The summed E-state index contributed by atoms with van der Waals surface area (Å²) in [6.45, 7) is 4.73. The van der Waals surface area contributed by atoms with Crippen LogP contribution in [0.1, 0.15) is 0 Å². The Hall–Kier alpha value is -2.84. The van der Waals surface area contributed by atoms with Crippen LogP contribution in [0.15, 0.2) is 53.8 Å². The normalized spacial score (nSPS) is 15.0. The summed E-state index contributed by atoms with van der Waals surface area (Å²) in [7, 11) is 0. The Balaban J connectivity index is 1.35. The van der Waals surface area contributed by atoms with Crippen molar-refractivity contribution in [1.82, 2.24) is 29.6 Å². The van der Waals surface area contributed by atoms with Crippen molar-refractivity contribution in [1.29, 1.82) is 0 Å². The molecule has 0 atom stereocenters. The van der Waals surface area contributed by atoms with Crippen molar-refractivity contribution in [2.24, 2.45) is 0 Å². The number of halogens is 1. The van der Waals surface area contributed by atoms with E-state index in [-0.39, 0.29) is 5.56 Å². The van der Waals surface area contributed by atoms with Gasteiger partial charge < -0.3 is 4.90 Å². The fourth-order valence-electron chi connectivity index (χ4n) is 3.15. The molecule has 0 unspecified atom stereocenters. The second-order valence-electron chi connectivity index (χ2n) is 6.55. The quantitative estimate of drug-likeness (QED) is 0.646. The summed E-state index contributed by atoms with van der Waals surface area (Å²) in [5.41, 5.74) is 1.55. The van der Waals surface area contributed by atoms with Gasteiger partial charge in [-0.2, -0.15) is 5.10 Å². The van der Waals surface area contributed by atoms with Crippen LogP contribution >= 0.6 is 11.6 Å². The largest absolute Gasteiger partial charge is 0.338 e. The zero-order valence-electron chi connectivity index (χ0n) is 15.3. The molecule has 8 nitrogen and oxygen atoms in total.